The Bertz CT molecular complexity index is 784. The molecular formula is C17H16N4O2. The number of nitrogens with one attached hydrogen (secondary N) is 2. The zero-order chi connectivity index (χ0) is 16.7. The van der Waals surface area contributed by atoms with Crippen LogP contribution in [0.25, 0.3) is 6.08 Å². The van der Waals surface area contributed by atoms with Crippen molar-refractivity contribution in [3.8, 4) is 12.3 Å². The molecule has 6 nitrogen and oxygen atoms in total. The molecule has 0 radical (unpaired) electrons. The van der Waals surface area contributed by atoms with Crippen LogP contribution in [0.2, 0.25) is 0 Å². The molecule has 0 aliphatic heterocycles. The summed E-state index contributed by atoms with van der Waals surface area (Å²) < 4.78 is 1.63. The molecule has 0 bridgehead atoms. The van der Waals surface area contributed by atoms with Crippen molar-refractivity contribution in [2.75, 3.05) is 11.9 Å². The lowest BCUT2D eigenvalue weighted by molar-refractivity contribution is -0.121. The maximum Gasteiger partial charge on any atom is 0.244 e. The van der Waals surface area contributed by atoms with Crippen LogP contribution in [0.3, 0.4) is 0 Å². The number of anilines is 1. The third-order valence-corrected chi connectivity index (χ3v) is 2.89. The van der Waals surface area contributed by atoms with Crippen molar-refractivity contribution in [1.82, 2.24) is 15.1 Å². The summed E-state index contributed by atoms with van der Waals surface area (Å²) in [6, 6.07) is 6.92. The first-order valence-electron chi connectivity index (χ1n) is 6.88. The van der Waals surface area contributed by atoms with Gasteiger partial charge in [-0.15, -0.1) is 6.42 Å². The SMILES string of the molecule is C#Cc1cccc(NC(=O)CNC(=O)C=Cc2cnn(C)c2)c1. The Morgan fingerprint density at radius 2 is 2.26 bits per heavy atom. The minimum absolute atomic E-state index is 0.128. The topological polar surface area (TPSA) is 76.0 Å². The molecule has 116 valence electrons. The van der Waals surface area contributed by atoms with Crippen LogP contribution in [0.1, 0.15) is 11.1 Å². The van der Waals surface area contributed by atoms with Crippen LogP contribution in [0, 0.1) is 12.3 Å². The predicted octanol–water partition coefficient (Wildman–Crippen LogP) is 1.17. The summed E-state index contributed by atoms with van der Waals surface area (Å²) in [5, 5.41) is 9.15. The molecule has 23 heavy (non-hydrogen) atoms. The van der Waals surface area contributed by atoms with E-state index in [1.807, 2.05) is 0 Å². The van der Waals surface area contributed by atoms with E-state index in [1.165, 1.54) is 6.08 Å². The molecule has 2 rings (SSSR count). The molecule has 1 aromatic carbocycles. The molecule has 1 aromatic heterocycles. The largest absolute Gasteiger partial charge is 0.343 e. The van der Waals surface area contributed by atoms with Crippen molar-refractivity contribution in [3.05, 3.63) is 53.9 Å². The molecule has 0 aliphatic carbocycles. The van der Waals surface area contributed by atoms with E-state index < -0.39 is 0 Å². The first kappa shape index (κ1) is 16.0. The monoisotopic (exact) mass is 308 g/mol. The number of carbonyl (C=O) groups excluding carboxylic acids is 2. The second-order valence-corrected chi connectivity index (χ2v) is 4.77. The molecule has 0 saturated carbocycles. The smallest absolute Gasteiger partial charge is 0.244 e. The molecule has 0 aliphatic rings. The van der Waals surface area contributed by atoms with Gasteiger partial charge in [0.25, 0.3) is 0 Å². The molecule has 2 aromatic rings. The van der Waals surface area contributed by atoms with Crippen LogP contribution in [0.15, 0.2) is 42.7 Å². The minimum atomic E-state index is -0.360. The highest BCUT2D eigenvalue weighted by Crippen LogP contribution is 2.09. The van der Waals surface area contributed by atoms with Gasteiger partial charge < -0.3 is 10.6 Å². The van der Waals surface area contributed by atoms with Crippen molar-refractivity contribution in [2.24, 2.45) is 7.05 Å². The number of aromatic nitrogens is 2. The highest BCUT2D eigenvalue weighted by atomic mass is 16.2. The lowest BCUT2D eigenvalue weighted by atomic mass is 10.2. The van der Waals surface area contributed by atoms with Gasteiger partial charge in [0.1, 0.15) is 0 Å². The summed E-state index contributed by atoms with van der Waals surface area (Å²) in [6.45, 7) is -0.128. The van der Waals surface area contributed by atoms with Crippen molar-refractivity contribution in [2.45, 2.75) is 0 Å². The average Bonchev–Trinajstić information content (AvgIpc) is 2.96. The van der Waals surface area contributed by atoms with Crippen molar-refractivity contribution < 1.29 is 9.59 Å². The molecule has 0 atom stereocenters. The Hall–Kier alpha value is -3.33. The highest BCUT2D eigenvalue weighted by molar-refractivity contribution is 5.98. The van der Waals surface area contributed by atoms with Gasteiger partial charge >= 0.3 is 0 Å². The first-order chi connectivity index (χ1) is 11.1. The number of benzene rings is 1. The Kier molecular flexibility index (Phi) is 5.31. The van der Waals surface area contributed by atoms with E-state index in [1.54, 1.807) is 54.5 Å². The van der Waals surface area contributed by atoms with E-state index in [2.05, 4.69) is 21.7 Å². The third-order valence-electron chi connectivity index (χ3n) is 2.89. The highest BCUT2D eigenvalue weighted by Gasteiger charge is 2.04. The van der Waals surface area contributed by atoms with Gasteiger partial charge in [-0.25, -0.2) is 0 Å². The fourth-order valence-electron chi connectivity index (χ4n) is 1.82. The zero-order valence-corrected chi connectivity index (χ0v) is 12.6. The van der Waals surface area contributed by atoms with Crippen LogP contribution in [0.4, 0.5) is 5.69 Å². The van der Waals surface area contributed by atoms with E-state index in [-0.39, 0.29) is 18.4 Å². The fraction of sp³-hybridized carbons (Fsp3) is 0.118. The third kappa shape index (κ3) is 5.17. The summed E-state index contributed by atoms with van der Waals surface area (Å²) in [5.74, 6) is 1.80. The summed E-state index contributed by atoms with van der Waals surface area (Å²) in [5.41, 5.74) is 2.06. The van der Waals surface area contributed by atoms with Crippen LogP contribution >= 0.6 is 0 Å². The predicted molar refractivity (Wildman–Crippen MR) is 88.3 cm³/mol. The van der Waals surface area contributed by atoms with Gasteiger partial charge in [0.15, 0.2) is 0 Å². The van der Waals surface area contributed by atoms with Crippen LogP contribution in [0.5, 0.6) is 0 Å². The van der Waals surface area contributed by atoms with Gasteiger partial charge in [0, 0.05) is 36.1 Å². The van der Waals surface area contributed by atoms with Gasteiger partial charge in [-0.1, -0.05) is 12.0 Å². The Balaban J connectivity index is 1.80. The van der Waals surface area contributed by atoms with Crippen molar-refractivity contribution in [1.29, 1.82) is 0 Å². The second kappa shape index (κ2) is 7.61. The summed E-state index contributed by atoms with van der Waals surface area (Å²) in [4.78, 5) is 23.4. The van der Waals surface area contributed by atoms with E-state index in [4.69, 9.17) is 6.42 Å². The number of aryl methyl sites for hydroxylation is 1. The lowest BCUT2D eigenvalue weighted by Gasteiger charge is -2.06. The van der Waals surface area contributed by atoms with Gasteiger partial charge in [-0.05, 0) is 24.3 Å². The molecule has 2 amide bonds. The van der Waals surface area contributed by atoms with E-state index in [0.29, 0.717) is 11.3 Å². The average molecular weight is 308 g/mol. The summed E-state index contributed by atoms with van der Waals surface area (Å²) in [7, 11) is 1.79. The van der Waals surface area contributed by atoms with Gasteiger partial charge in [0.05, 0.1) is 12.7 Å². The number of nitrogens with zero attached hydrogens (tertiary/aromatic N) is 2. The molecule has 0 saturated heterocycles. The fourth-order valence-corrected chi connectivity index (χ4v) is 1.82. The number of carbonyl (C=O) groups is 2. The van der Waals surface area contributed by atoms with Crippen LogP contribution in [-0.2, 0) is 16.6 Å². The Labute approximate surface area is 134 Å². The molecule has 0 fully saturated rings. The maximum atomic E-state index is 11.8. The van der Waals surface area contributed by atoms with Crippen molar-refractivity contribution in [3.63, 3.8) is 0 Å². The summed E-state index contributed by atoms with van der Waals surface area (Å²) in [6.07, 6.45) is 11.7. The first-order valence-corrected chi connectivity index (χ1v) is 6.88. The van der Waals surface area contributed by atoms with E-state index in [0.717, 1.165) is 5.56 Å². The number of rotatable bonds is 5. The zero-order valence-electron chi connectivity index (χ0n) is 12.6. The molecular weight excluding hydrogens is 292 g/mol. The molecule has 1 heterocycles. The van der Waals surface area contributed by atoms with Crippen LogP contribution in [-0.4, -0.2) is 28.1 Å². The minimum Gasteiger partial charge on any atom is -0.343 e. The summed E-state index contributed by atoms with van der Waals surface area (Å²) >= 11 is 0. The quantitative estimate of drug-likeness (QED) is 0.643. The van der Waals surface area contributed by atoms with Crippen molar-refractivity contribution >= 4 is 23.6 Å². The van der Waals surface area contributed by atoms with Gasteiger partial charge in [-0.3, -0.25) is 14.3 Å². The number of terminal acetylenes is 1. The molecule has 0 unspecified atom stereocenters. The molecule has 2 N–H and O–H groups in total. The molecule has 6 heteroatoms. The lowest BCUT2D eigenvalue weighted by Crippen LogP contribution is -2.31. The van der Waals surface area contributed by atoms with E-state index in [9.17, 15) is 9.59 Å². The number of hydrogen-bond donors (Lipinski definition) is 2. The normalized spacial score (nSPS) is 10.3. The van der Waals surface area contributed by atoms with Crippen LogP contribution < -0.4 is 10.6 Å². The Morgan fingerprint density at radius 3 is 2.96 bits per heavy atom. The number of amides is 2. The van der Waals surface area contributed by atoms with Gasteiger partial charge in [-0.2, -0.15) is 5.10 Å². The second-order valence-electron chi connectivity index (χ2n) is 4.77. The molecule has 0 spiro atoms. The standard InChI is InChI=1S/C17H16N4O2/c1-3-13-5-4-6-15(9-13)20-17(23)11-18-16(22)8-7-14-10-19-21(2)12-14/h1,4-10,12H,11H2,2H3,(H,18,22)(H,20,23). The maximum absolute atomic E-state index is 11.8. The number of hydrogen-bond acceptors (Lipinski definition) is 3. The van der Waals surface area contributed by atoms with Gasteiger partial charge in [0.2, 0.25) is 11.8 Å². The van der Waals surface area contributed by atoms with E-state index >= 15 is 0 Å². The Morgan fingerprint density at radius 1 is 1.43 bits per heavy atom.